The Bertz CT molecular complexity index is 584. The van der Waals surface area contributed by atoms with Gasteiger partial charge >= 0.3 is 0 Å². The molecule has 0 bridgehead atoms. The van der Waals surface area contributed by atoms with Crippen molar-refractivity contribution < 1.29 is 13.6 Å². The van der Waals surface area contributed by atoms with Gasteiger partial charge in [0.25, 0.3) is 5.91 Å². The van der Waals surface area contributed by atoms with Crippen molar-refractivity contribution in [3.05, 3.63) is 63.2 Å². The number of hydrogen-bond donors (Lipinski definition) is 1. The van der Waals surface area contributed by atoms with Gasteiger partial charge in [-0.1, -0.05) is 0 Å². The number of amides is 1. The smallest absolute Gasteiger partial charge is 0.255 e. The van der Waals surface area contributed by atoms with Gasteiger partial charge in [0, 0.05) is 14.8 Å². The predicted molar refractivity (Wildman–Crippen MR) is 73.5 cm³/mol. The molecule has 1 N–H and O–H groups in total. The zero-order valence-corrected chi connectivity index (χ0v) is 11.2. The zero-order chi connectivity index (χ0) is 13.1. The summed E-state index contributed by atoms with van der Waals surface area (Å²) in [5.41, 5.74) is 0.678. The summed E-state index contributed by atoms with van der Waals surface area (Å²) in [4.78, 5) is 11.8. The second-order valence-electron chi connectivity index (χ2n) is 3.59. The first-order chi connectivity index (χ1) is 8.56. The molecule has 0 aromatic heterocycles. The van der Waals surface area contributed by atoms with Crippen molar-refractivity contribution in [1.82, 2.24) is 0 Å². The first-order valence-corrected chi connectivity index (χ1v) is 6.16. The van der Waals surface area contributed by atoms with Gasteiger partial charge in [0.2, 0.25) is 0 Å². The van der Waals surface area contributed by atoms with E-state index in [4.69, 9.17) is 0 Å². The Kier molecular flexibility index (Phi) is 3.90. The zero-order valence-electron chi connectivity index (χ0n) is 9.08. The Morgan fingerprint density at radius 3 is 2.28 bits per heavy atom. The molecule has 0 saturated heterocycles. The predicted octanol–water partition coefficient (Wildman–Crippen LogP) is 3.82. The molecule has 2 aromatic rings. The maximum Gasteiger partial charge on any atom is 0.255 e. The van der Waals surface area contributed by atoms with E-state index < -0.39 is 17.5 Å². The van der Waals surface area contributed by atoms with Crippen LogP contribution in [0.5, 0.6) is 0 Å². The quantitative estimate of drug-likeness (QED) is 0.812. The molecule has 92 valence electrons. The average molecular weight is 359 g/mol. The molecular weight excluding hydrogens is 351 g/mol. The molecule has 0 unspecified atom stereocenters. The third-order valence-corrected chi connectivity index (χ3v) is 3.00. The van der Waals surface area contributed by atoms with Crippen LogP contribution in [0.1, 0.15) is 10.4 Å². The first-order valence-electron chi connectivity index (χ1n) is 5.08. The van der Waals surface area contributed by atoms with Crippen molar-refractivity contribution in [3.8, 4) is 0 Å². The minimum atomic E-state index is -1.04. The highest BCUT2D eigenvalue weighted by molar-refractivity contribution is 14.1. The van der Waals surface area contributed by atoms with Crippen LogP contribution in [0.15, 0.2) is 42.5 Å². The Balaban J connectivity index is 2.16. The van der Waals surface area contributed by atoms with Crippen LogP contribution in [0.4, 0.5) is 14.5 Å². The molecule has 0 aliphatic heterocycles. The summed E-state index contributed by atoms with van der Waals surface area (Å²) in [7, 11) is 0. The van der Waals surface area contributed by atoms with Crippen LogP contribution in [-0.2, 0) is 0 Å². The van der Waals surface area contributed by atoms with Gasteiger partial charge in [-0.3, -0.25) is 4.79 Å². The number of carbonyl (C=O) groups excluding carboxylic acids is 1. The molecule has 0 heterocycles. The summed E-state index contributed by atoms with van der Waals surface area (Å²) in [6.07, 6.45) is 0. The summed E-state index contributed by atoms with van der Waals surface area (Å²) in [6.45, 7) is 0. The maximum absolute atomic E-state index is 13.0. The van der Waals surface area contributed by atoms with E-state index in [0.717, 1.165) is 15.7 Å². The van der Waals surface area contributed by atoms with Crippen LogP contribution in [-0.4, -0.2) is 5.91 Å². The summed E-state index contributed by atoms with van der Waals surface area (Å²) in [6, 6.07) is 10.2. The van der Waals surface area contributed by atoms with E-state index in [0.29, 0.717) is 5.69 Å². The number of nitrogens with one attached hydrogen (secondary N) is 1. The van der Waals surface area contributed by atoms with Gasteiger partial charge in [0.1, 0.15) is 0 Å². The van der Waals surface area contributed by atoms with E-state index in [9.17, 15) is 13.6 Å². The van der Waals surface area contributed by atoms with E-state index >= 15 is 0 Å². The van der Waals surface area contributed by atoms with E-state index in [1.165, 1.54) is 6.07 Å². The molecule has 18 heavy (non-hydrogen) atoms. The molecule has 5 heteroatoms. The summed E-state index contributed by atoms with van der Waals surface area (Å²) in [5, 5.41) is 2.60. The number of benzene rings is 2. The van der Waals surface area contributed by atoms with Gasteiger partial charge in [-0.15, -0.1) is 0 Å². The van der Waals surface area contributed by atoms with Crippen LogP contribution < -0.4 is 5.32 Å². The van der Waals surface area contributed by atoms with Gasteiger partial charge in [-0.05, 0) is 65.1 Å². The molecule has 0 radical (unpaired) electrons. The lowest BCUT2D eigenvalue weighted by atomic mass is 10.2. The lowest BCUT2D eigenvalue weighted by Crippen LogP contribution is -2.12. The van der Waals surface area contributed by atoms with E-state index in [1.54, 1.807) is 12.1 Å². The molecule has 0 saturated carbocycles. The Morgan fingerprint density at radius 1 is 1.00 bits per heavy atom. The third-order valence-electron chi connectivity index (χ3n) is 2.28. The Labute approximate surface area is 116 Å². The molecule has 1 amide bonds. The van der Waals surface area contributed by atoms with Crippen LogP contribution in [0.2, 0.25) is 0 Å². The van der Waals surface area contributed by atoms with Crippen molar-refractivity contribution in [3.63, 3.8) is 0 Å². The molecule has 2 nitrogen and oxygen atoms in total. The third kappa shape index (κ3) is 3.04. The number of halogens is 3. The molecule has 0 aliphatic rings. The monoisotopic (exact) mass is 359 g/mol. The van der Waals surface area contributed by atoms with E-state index in [-0.39, 0.29) is 5.56 Å². The summed E-state index contributed by atoms with van der Waals surface area (Å²) in [5.74, 6) is -2.49. The number of anilines is 1. The highest BCUT2D eigenvalue weighted by Crippen LogP contribution is 2.14. The van der Waals surface area contributed by atoms with Crippen molar-refractivity contribution in [2.75, 3.05) is 5.32 Å². The molecule has 0 aliphatic carbocycles. The van der Waals surface area contributed by atoms with Crippen LogP contribution in [0, 0.1) is 15.2 Å². The second kappa shape index (κ2) is 5.43. The SMILES string of the molecule is O=C(Nc1ccc(I)cc1)c1ccc(F)c(F)c1. The van der Waals surface area contributed by atoms with Crippen LogP contribution >= 0.6 is 22.6 Å². The van der Waals surface area contributed by atoms with Crippen molar-refractivity contribution in [2.45, 2.75) is 0 Å². The maximum atomic E-state index is 13.0. The fourth-order valence-electron chi connectivity index (χ4n) is 1.37. The van der Waals surface area contributed by atoms with Crippen molar-refractivity contribution >= 4 is 34.2 Å². The molecule has 0 fully saturated rings. The number of rotatable bonds is 2. The Morgan fingerprint density at radius 2 is 1.67 bits per heavy atom. The van der Waals surface area contributed by atoms with E-state index in [2.05, 4.69) is 27.9 Å². The van der Waals surface area contributed by atoms with Crippen LogP contribution in [0.25, 0.3) is 0 Å². The average Bonchev–Trinajstić information content (AvgIpc) is 2.35. The van der Waals surface area contributed by atoms with Crippen molar-refractivity contribution in [1.29, 1.82) is 0 Å². The number of hydrogen-bond acceptors (Lipinski definition) is 1. The minimum Gasteiger partial charge on any atom is -0.322 e. The molecule has 2 aromatic carbocycles. The lowest BCUT2D eigenvalue weighted by molar-refractivity contribution is 0.102. The summed E-state index contributed by atoms with van der Waals surface area (Å²) < 4.78 is 26.7. The normalized spacial score (nSPS) is 10.2. The van der Waals surface area contributed by atoms with Gasteiger partial charge in [0.05, 0.1) is 0 Å². The highest BCUT2D eigenvalue weighted by atomic mass is 127. The highest BCUT2D eigenvalue weighted by Gasteiger charge is 2.09. The lowest BCUT2D eigenvalue weighted by Gasteiger charge is -2.05. The largest absolute Gasteiger partial charge is 0.322 e. The fraction of sp³-hybridized carbons (Fsp3) is 0. The van der Waals surface area contributed by atoms with Gasteiger partial charge in [-0.2, -0.15) is 0 Å². The standard InChI is InChI=1S/C13H8F2INO/c14-11-6-1-8(7-12(11)15)13(18)17-10-4-2-9(16)3-5-10/h1-7H,(H,17,18). The van der Waals surface area contributed by atoms with Gasteiger partial charge in [-0.25, -0.2) is 8.78 Å². The molecule has 2 rings (SSSR count). The fourth-order valence-corrected chi connectivity index (χ4v) is 1.73. The number of carbonyl (C=O) groups is 1. The molecule has 0 spiro atoms. The molecular formula is C13H8F2INO. The van der Waals surface area contributed by atoms with Gasteiger partial charge < -0.3 is 5.32 Å². The minimum absolute atomic E-state index is 0.0763. The topological polar surface area (TPSA) is 29.1 Å². The van der Waals surface area contributed by atoms with Crippen molar-refractivity contribution in [2.24, 2.45) is 0 Å². The second-order valence-corrected chi connectivity index (χ2v) is 4.84. The first kappa shape index (κ1) is 12.9. The van der Waals surface area contributed by atoms with E-state index in [1.807, 2.05) is 12.1 Å². The Hall–Kier alpha value is -1.50. The van der Waals surface area contributed by atoms with Gasteiger partial charge in [0.15, 0.2) is 11.6 Å². The molecule has 0 atom stereocenters. The summed E-state index contributed by atoms with van der Waals surface area (Å²) >= 11 is 2.15. The van der Waals surface area contributed by atoms with Crippen LogP contribution in [0.3, 0.4) is 0 Å².